The average Bonchev–Trinajstić information content (AvgIpc) is 3.34. The molecule has 1 aliphatic carbocycles. The maximum absolute atomic E-state index is 14.0. The van der Waals surface area contributed by atoms with Gasteiger partial charge in [-0.3, -0.25) is 0 Å². The highest BCUT2D eigenvalue weighted by Gasteiger charge is 2.24. The Bertz CT molecular complexity index is 991. The highest BCUT2D eigenvalue weighted by molar-refractivity contribution is 5.75. The first-order valence-electron chi connectivity index (χ1n) is 8.43. The first kappa shape index (κ1) is 17.0. The molecule has 0 spiro atoms. The van der Waals surface area contributed by atoms with Gasteiger partial charge in [-0.05, 0) is 48.3 Å². The maximum Gasteiger partial charge on any atom is 0.407 e. The number of hydrogen-bond acceptors (Lipinski definition) is 5. The van der Waals surface area contributed by atoms with Gasteiger partial charge in [-0.15, -0.1) is 5.10 Å². The Hall–Kier alpha value is -3.42. The van der Waals surface area contributed by atoms with Crippen molar-refractivity contribution < 1.29 is 18.7 Å². The summed E-state index contributed by atoms with van der Waals surface area (Å²) in [6, 6.07) is 4.57. The number of amides is 1. The molecule has 8 heteroatoms. The van der Waals surface area contributed by atoms with Crippen LogP contribution in [0.2, 0.25) is 0 Å². The molecule has 2 heterocycles. The number of aromatic nitrogens is 3. The Balaban J connectivity index is 1.60. The summed E-state index contributed by atoms with van der Waals surface area (Å²) in [5, 5.41) is 7.02. The predicted molar refractivity (Wildman–Crippen MR) is 95.0 cm³/mol. The second-order valence-electron chi connectivity index (χ2n) is 6.11. The number of nitrogens with one attached hydrogen (secondary N) is 1. The van der Waals surface area contributed by atoms with Gasteiger partial charge in [0, 0.05) is 17.7 Å². The summed E-state index contributed by atoms with van der Waals surface area (Å²) >= 11 is 0. The zero-order valence-corrected chi connectivity index (χ0v) is 14.6. The first-order chi connectivity index (χ1) is 13.2. The number of ether oxygens (including phenoxy) is 2. The highest BCUT2D eigenvalue weighted by atomic mass is 19.1. The molecule has 0 unspecified atom stereocenters. The standard InChI is InChI=1S/C19H17FN4O3/c1-26-19(25)21-9-13-8-14(3-5-17(13)20)24-11-22-18(23-24)16-4-2-12-10-27-7-6-15(12)16/h3,5-8,10-11H,2,4,9H2,1H3,(H,21,25). The van der Waals surface area contributed by atoms with Crippen LogP contribution < -0.4 is 5.32 Å². The zero-order chi connectivity index (χ0) is 18.8. The molecule has 0 saturated heterocycles. The van der Waals surface area contributed by atoms with E-state index in [1.54, 1.807) is 35.7 Å². The van der Waals surface area contributed by atoms with E-state index in [9.17, 15) is 9.18 Å². The third-order valence-corrected chi connectivity index (χ3v) is 4.50. The summed E-state index contributed by atoms with van der Waals surface area (Å²) < 4.78 is 25.3. The number of allylic oxidation sites excluding steroid dienone is 4. The molecule has 0 fully saturated rings. The number of hydrogen-bond donors (Lipinski definition) is 1. The van der Waals surface area contributed by atoms with Crippen LogP contribution >= 0.6 is 0 Å². The smallest absolute Gasteiger partial charge is 0.407 e. The fourth-order valence-electron chi connectivity index (χ4n) is 3.12. The van der Waals surface area contributed by atoms with Crippen LogP contribution in [0.1, 0.15) is 24.2 Å². The average molecular weight is 368 g/mol. The molecule has 1 aliphatic heterocycles. The number of rotatable bonds is 4. The molecule has 1 amide bonds. The second-order valence-corrected chi connectivity index (χ2v) is 6.11. The minimum absolute atomic E-state index is 0.0160. The van der Waals surface area contributed by atoms with Gasteiger partial charge in [0.25, 0.3) is 0 Å². The van der Waals surface area contributed by atoms with Crippen molar-refractivity contribution in [1.82, 2.24) is 20.1 Å². The van der Waals surface area contributed by atoms with E-state index in [1.807, 2.05) is 6.08 Å². The number of nitrogens with zero attached hydrogens (tertiary/aromatic N) is 3. The van der Waals surface area contributed by atoms with Gasteiger partial charge >= 0.3 is 6.09 Å². The van der Waals surface area contributed by atoms with E-state index in [0.717, 1.165) is 29.6 Å². The van der Waals surface area contributed by atoms with Crippen molar-refractivity contribution in [3.05, 3.63) is 71.5 Å². The van der Waals surface area contributed by atoms with Gasteiger partial charge in [-0.2, -0.15) is 0 Å². The molecule has 1 aromatic carbocycles. The van der Waals surface area contributed by atoms with Crippen molar-refractivity contribution in [2.45, 2.75) is 19.4 Å². The van der Waals surface area contributed by atoms with Crippen LogP contribution in [0.15, 0.2) is 54.3 Å². The van der Waals surface area contributed by atoms with E-state index in [2.05, 4.69) is 20.1 Å². The molecule has 4 rings (SSSR count). The Morgan fingerprint density at radius 2 is 2.30 bits per heavy atom. The van der Waals surface area contributed by atoms with E-state index in [-0.39, 0.29) is 6.54 Å². The summed E-state index contributed by atoms with van der Waals surface area (Å²) in [7, 11) is 1.26. The number of halogens is 1. The predicted octanol–water partition coefficient (Wildman–Crippen LogP) is 3.24. The molecule has 1 aromatic heterocycles. The fourth-order valence-corrected chi connectivity index (χ4v) is 3.12. The molecular formula is C19H17FN4O3. The number of benzene rings is 1. The van der Waals surface area contributed by atoms with Gasteiger partial charge in [0.05, 0.1) is 25.3 Å². The highest BCUT2D eigenvalue weighted by Crippen LogP contribution is 2.38. The summed E-state index contributed by atoms with van der Waals surface area (Å²) in [4.78, 5) is 15.6. The third kappa shape index (κ3) is 3.33. The number of methoxy groups -OCH3 is 1. The van der Waals surface area contributed by atoms with Crippen LogP contribution in [0, 0.1) is 5.82 Å². The summed E-state index contributed by atoms with van der Waals surface area (Å²) in [5.74, 6) is 0.219. The van der Waals surface area contributed by atoms with Crippen LogP contribution in [0.5, 0.6) is 0 Å². The molecule has 0 bridgehead atoms. The monoisotopic (exact) mass is 368 g/mol. The van der Waals surface area contributed by atoms with Gasteiger partial charge in [0.15, 0.2) is 5.82 Å². The van der Waals surface area contributed by atoms with Crippen molar-refractivity contribution in [3.63, 3.8) is 0 Å². The Morgan fingerprint density at radius 3 is 3.15 bits per heavy atom. The number of carbonyl (C=O) groups excluding carboxylic acids is 1. The molecule has 2 aliphatic rings. The van der Waals surface area contributed by atoms with Crippen LogP contribution in [0.25, 0.3) is 11.3 Å². The van der Waals surface area contributed by atoms with Gasteiger partial charge in [0.2, 0.25) is 0 Å². The van der Waals surface area contributed by atoms with Crippen LogP contribution in [-0.2, 0) is 16.0 Å². The van der Waals surface area contributed by atoms with Crippen molar-refractivity contribution in [3.8, 4) is 5.69 Å². The van der Waals surface area contributed by atoms with Crippen molar-refractivity contribution >= 4 is 11.7 Å². The summed E-state index contributed by atoms with van der Waals surface area (Å²) in [6.07, 6.45) is 8.03. The van der Waals surface area contributed by atoms with Crippen molar-refractivity contribution in [2.24, 2.45) is 0 Å². The molecule has 0 atom stereocenters. The summed E-state index contributed by atoms with van der Waals surface area (Å²) in [6.45, 7) is 0.0160. The lowest BCUT2D eigenvalue weighted by molar-refractivity contribution is 0.170. The molecule has 1 N–H and O–H groups in total. The van der Waals surface area contributed by atoms with Crippen LogP contribution in [0.3, 0.4) is 0 Å². The SMILES string of the molecule is COC(=O)NCc1cc(-n2cnc(C3=C4C=COC=C4CC3)n2)ccc1F. The maximum atomic E-state index is 14.0. The van der Waals surface area contributed by atoms with E-state index < -0.39 is 11.9 Å². The molecule has 7 nitrogen and oxygen atoms in total. The van der Waals surface area contributed by atoms with Crippen LogP contribution in [-0.4, -0.2) is 28.0 Å². The van der Waals surface area contributed by atoms with Crippen LogP contribution in [0.4, 0.5) is 9.18 Å². The number of alkyl carbamates (subject to hydrolysis) is 1. The quantitative estimate of drug-likeness (QED) is 0.896. The van der Waals surface area contributed by atoms with Gasteiger partial charge in [-0.1, -0.05) is 0 Å². The topological polar surface area (TPSA) is 78.3 Å². The Morgan fingerprint density at radius 1 is 1.41 bits per heavy atom. The largest absolute Gasteiger partial charge is 0.472 e. The molecule has 0 radical (unpaired) electrons. The minimum atomic E-state index is -0.620. The Labute approximate surface area is 154 Å². The molecule has 0 saturated carbocycles. The van der Waals surface area contributed by atoms with Gasteiger partial charge < -0.3 is 14.8 Å². The lowest BCUT2D eigenvalue weighted by Gasteiger charge is -2.08. The molecule has 138 valence electrons. The molecular weight excluding hydrogens is 351 g/mol. The van der Waals surface area contributed by atoms with Gasteiger partial charge in [0.1, 0.15) is 12.1 Å². The number of fused-ring (bicyclic) bond motifs is 1. The molecule has 2 aromatic rings. The second kappa shape index (κ2) is 7.06. The first-order valence-corrected chi connectivity index (χ1v) is 8.43. The van der Waals surface area contributed by atoms with E-state index in [4.69, 9.17) is 4.74 Å². The van der Waals surface area contributed by atoms with Crippen molar-refractivity contribution in [1.29, 1.82) is 0 Å². The fraction of sp³-hybridized carbons (Fsp3) is 0.211. The van der Waals surface area contributed by atoms with Gasteiger partial charge in [-0.25, -0.2) is 18.9 Å². The lowest BCUT2D eigenvalue weighted by atomic mass is 10.1. The minimum Gasteiger partial charge on any atom is -0.472 e. The van der Waals surface area contributed by atoms with E-state index >= 15 is 0 Å². The van der Waals surface area contributed by atoms with E-state index in [0.29, 0.717) is 17.1 Å². The Kier molecular flexibility index (Phi) is 4.45. The van der Waals surface area contributed by atoms with Crippen molar-refractivity contribution in [2.75, 3.05) is 7.11 Å². The molecule has 27 heavy (non-hydrogen) atoms. The summed E-state index contributed by atoms with van der Waals surface area (Å²) in [5.41, 5.74) is 4.28. The number of carbonyl (C=O) groups is 1. The third-order valence-electron chi connectivity index (χ3n) is 4.50. The normalized spacial score (nSPS) is 15.3. The lowest BCUT2D eigenvalue weighted by Crippen LogP contribution is -2.23. The van der Waals surface area contributed by atoms with E-state index in [1.165, 1.54) is 13.2 Å². The zero-order valence-electron chi connectivity index (χ0n) is 14.6.